The Balaban J connectivity index is 1.66. The van der Waals surface area contributed by atoms with Crippen LogP contribution in [0.2, 0.25) is 0 Å². The van der Waals surface area contributed by atoms with Crippen LogP contribution in [0.5, 0.6) is 11.6 Å². The summed E-state index contributed by atoms with van der Waals surface area (Å²) in [5, 5.41) is 3.73. The summed E-state index contributed by atoms with van der Waals surface area (Å²) in [6.07, 6.45) is 2.31. The fourth-order valence-corrected chi connectivity index (χ4v) is 3.04. The van der Waals surface area contributed by atoms with Gasteiger partial charge in [-0.3, -0.25) is 4.79 Å². The lowest BCUT2D eigenvalue weighted by Crippen LogP contribution is -2.11. The predicted octanol–water partition coefficient (Wildman–Crippen LogP) is 4.59. The Labute approximate surface area is 148 Å². The fraction of sp³-hybridized carbons (Fsp3) is 0.167. The van der Waals surface area contributed by atoms with Crippen molar-refractivity contribution in [2.45, 2.75) is 20.3 Å². The van der Waals surface area contributed by atoms with Crippen LogP contribution in [0, 0.1) is 12.7 Å². The van der Waals surface area contributed by atoms with E-state index in [1.54, 1.807) is 12.1 Å². The molecule has 0 saturated carbocycles. The predicted molar refractivity (Wildman–Crippen MR) is 94.9 cm³/mol. The number of pyridine rings is 1. The molecule has 0 saturated heterocycles. The van der Waals surface area contributed by atoms with Gasteiger partial charge in [0.25, 0.3) is 5.91 Å². The van der Waals surface area contributed by atoms with Gasteiger partial charge in [0.2, 0.25) is 5.88 Å². The first kappa shape index (κ1) is 17.0. The lowest BCUT2D eigenvalue weighted by Gasteiger charge is -2.07. The van der Waals surface area contributed by atoms with Crippen LogP contribution in [0.3, 0.4) is 0 Å². The Morgan fingerprint density at radius 1 is 1.24 bits per heavy atom. The SMILES string of the molecule is CCc1nc(C)c(C(=O)Nc2ccc(Oc3ccc(F)cc3)nc2)s1. The highest BCUT2D eigenvalue weighted by Gasteiger charge is 2.15. The molecule has 2 heterocycles. The molecule has 1 amide bonds. The van der Waals surface area contributed by atoms with Crippen LogP contribution >= 0.6 is 11.3 Å². The summed E-state index contributed by atoms with van der Waals surface area (Å²) in [6.45, 7) is 3.83. The van der Waals surface area contributed by atoms with Gasteiger partial charge in [0.15, 0.2) is 0 Å². The monoisotopic (exact) mass is 357 g/mol. The molecule has 0 aliphatic carbocycles. The van der Waals surface area contributed by atoms with E-state index in [-0.39, 0.29) is 11.7 Å². The fourth-order valence-electron chi connectivity index (χ4n) is 2.14. The van der Waals surface area contributed by atoms with Crippen molar-refractivity contribution in [2.24, 2.45) is 0 Å². The van der Waals surface area contributed by atoms with Crippen LogP contribution in [0.1, 0.15) is 27.3 Å². The van der Waals surface area contributed by atoms with Gasteiger partial charge in [-0.1, -0.05) is 6.92 Å². The van der Waals surface area contributed by atoms with Gasteiger partial charge in [-0.25, -0.2) is 14.4 Å². The van der Waals surface area contributed by atoms with E-state index in [4.69, 9.17) is 4.74 Å². The first-order valence-electron chi connectivity index (χ1n) is 7.72. The third-order valence-electron chi connectivity index (χ3n) is 3.38. The number of hydrogen-bond donors (Lipinski definition) is 1. The number of rotatable bonds is 5. The molecule has 0 fully saturated rings. The van der Waals surface area contributed by atoms with E-state index in [0.717, 1.165) is 17.1 Å². The largest absolute Gasteiger partial charge is 0.439 e. The van der Waals surface area contributed by atoms with Crippen molar-refractivity contribution in [3.63, 3.8) is 0 Å². The molecule has 5 nitrogen and oxygen atoms in total. The number of hydrogen-bond acceptors (Lipinski definition) is 5. The standard InChI is InChI=1S/C18H16FN3O2S/c1-3-16-21-11(2)17(25-16)18(23)22-13-6-9-15(20-10-13)24-14-7-4-12(19)5-8-14/h4-10H,3H2,1-2H3,(H,22,23). The van der Waals surface area contributed by atoms with E-state index < -0.39 is 0 Å². The molecular weight excluding hydrogens is 341 g/mol. The third-order valence-corrected chi connectivity index (χ3v) is 4.68. The van der Waals surface area contributed by atoms with Crippen LogP contribution in [-0.2, 0) is 6.42 Å². The van der Waals surface area contributed by atoms with E-state index in [9.17, 15) is 9.18 Å². The van der Waals surface area contributed by atoms with E-state index in [0.29, 0.717) is 22.2 Å². The lowest BCUT2D eigenvalue weighted by molar-refractivity contribution is 0.102. The molecule has 0 aliphatic heterocycles. The maximum Gasteiger partial charge on any atom is 0.267 e. The summed E-state index contributed by atoms with van der Waals surface area (Å²) < 4.78 is 18.4. The summed E-state index contributed by atoms with van der Waals surface area (Å²) >= 11 is 1.39. The van der Waals surface area contributed by atoms with Crippen molar-refractivity contribution < 1.29 is 13.9 Å². The number of anilines is 1. The number of nitrogens with one attached hydrogen (secondary N) is 1. The molecule has 0 radical (unpaired) electrons. The number of aryl methyl sites for hydroxylation is 2. The molecule has 3 rings (SSSR count). The van der Waals surface area contributed by atoms with Gasteiger partial charge in [-0.2, -0.15) is 0 Å². The zero-order chi connectivity index (χ0) is 17.8. The van der Waals surface area contributed by atoms with E-state index >= 15 is 0 Å². The second-order valence-corrected chi connectivity index (χ2v) is 6.35. The zero-order valence-corrected chi connectivity index (χ0v) is 14.6. The Morgan fingerprint density at radius 2 is 2.00 bits per heavy atom. The van der Waals surface area contributed by atoms with Gasteiger partial charge in [0.1, 0.15) is 16.4 Å². The normalized spacial score (nSPS) is 10.5. The van der Waals surface area contributed by atoms with Gasteiger partial charge in [0, 0.05) is 6.07 Å². The van der Waals surface area contributed by atoms with Crippen molar-refractivity contribution in [1.82, 2.24) is 9.97 Å². The number of ether oxygens (including phenoxy) is 1. The Kier molecular flexibility index (Phi) is 5.04. The molecule has 0 unspecified atom stereocenters. The molecule has 1 aromatic carbocycles. The van der Waals surface area contributed by atoms with E-state index in [2.05, 4.69) is 15.3 Å². The number of carbonyl (C=O) groups is 1. The molecule has 2 aromatic heterocycles. The summed E-state index contributed by atoms with van der Waals surface area (Å²) in [7, 11) is 0. The highest BCUT2D eigenvalue weighted by atomic mass is 32.1. The highest BCUT2D eigenvalue weighted by molar-refractivity contribution is 7.13. The molecule has 0 bridgehead atoms. The number of aromatic nitrogens is 2. The maximum atomic E-state index is 12.9. The Bertz CT molecular complexity index is 876. The van der Waals surface area contributed by atoms with Crippen LogP contribution in [0.15, 0.2) is 42.6 Å². The van der Waals surface area contributed by atoms with E-state index in [1.807, 2.05) is 13.8 Å². The average molecular weight is 357 g/mol. The lowest BCUT2D eigenvalue weighted by atomic mass is 10.3. The van der Waals surface area contributed by atoms with Crippen molar-refractivity contribution in [2.75, 3.05) is 5.32 Å². The van der Waals surface area contributed by atoms with Gasteiger partial charge in [-0.05, 0) is 43.7 Å². The van der Waals surface area contributed by atoms with Crippen molar-refractivity contribution in [1.29, 1.82) is 0 Å². The Hall–Kier alpha value is -2.80. The van der Waals surface area contributed by atoms with Crippen LogP contribution in [0.4, 0.5) is 10.1 Å². The van der Waals surface area contributed by atoms with E-state index in [1.165, 1.54) is 41.8 Å². The third kappa shape index (κ3) is 4.19. The minimum atomic E-state index is -0.331. The summed E-state index contributed by atoms with van der Waals surface area (Å²) in [4.78, 5) is 21.4. The van der Waals surface area contributed by atoms with Crippen LogP contribution < -0.4 is 10.1 Å². The number of halogens is 1. The summed E-state index contributed by atoms with van der Waals surface area (Å²) in [5.74, 6) is 0.302. The molecule has 3 aromatic rings. The van der Waals surface area contributed by atoms with Crippen LogP contribution in [-0.4, -0.2) is 15.9 Å². The molecule has 0 spiro atoms. The molecule has 128 valence electrons. The number of benzene rings is 1. The minimum absolute atomic E-state index is 0.205. The molecule has 0 aliphatic rings. The van der Waals surface area contributed by atoms with Gasteiger partial charge in [-0.15, -0.1) is 11.3 Å². The second kappa shape index (κ2) is 7.40. The molecular formula is C18H16FN3O2S. The number of thiazole rings is 1. The van der Waals surface area contributed by atoms with Gasteiger partial charge < -0.3 is 10.1 Å². The highest BCUT2D eigenvalue weighted by Crippen LogP contribution is 2.22. The van der Waals surface area contributed by atoms with Gasteiger partial charge in [0.05, 0.1) is 22.6 Å². The van der Waals surface area contributed by atoms with Crippen molar-refractivity contribution >= 4 is 22.9 Å². The first-order chi connectivity index (χ1) is 12.0. The molecule has 1 N–H and O–H groups in total. The molecule has 7 heteroatoms. The minimum Gasteiger partial charge on any atom is -0.439 e. The maximum absolute atomic E-state index is 12.9. The molecule has 25 heavy (non-hydrogen) atoms. The van der Waals surface area contributed by atoms with Crippen LogP contribution in [0.25, 0.3) is 0 Å². The summed E-state index contributed by atoms with van der Waals surface area (Å²) in [6, 6.07) is 8.99. The number of amides is 1. The first-order valence-corrected chi connectivity index (χ1v) is 8.54. The van der Waals surface area contributed by atoms with Gasteiger partial charge >= 0.3 is 0 Å². The topological polar surface area (TPSA) is 64.1 Å². The number of nitrogens with zero attached hydrogens (tertiary/aromatic N) is 2. The van der Waals surface area contributed by atoms with Crippen molar-refractivity contribution in [3.8, 4) is 11.6 Å². The molecule has 0 atom stereocenters. The second-order valence-electron chi connectivity index (χ2n) is 5.27. The van der Waals surface area contributed by atoms with Crippen molar-refractivity contribution in [3.05, 3.63) is 64.0 Å². The Morgan fingerprint density at radius 3 is 2.60 bits per heavy atom. The quantitative estimate of drug-likeness (QED) is 0.725. The smallest absolute Gasteiger partial charge is 0.267 e. The average Bonchev–Trinajstić information content (AvgIpc) is 3.00. The zero-order valence-electron chi connectivity index (χ0n) is 13.7. The number of carbonyl (C=O) groups excluding carboxylic acids is 1. The summed E-state index contributed by atoms with van der Waals surface area (Å²) in [5.41, 5.74) is 1.28.